The summed E-state index contributed by atoms with van der Waals surface area (Å²) >= 11 is 7.67. The van der Waals surface area contributed by atoms with Gasteiger partial charge in [0.2, 0.25) is 5.91 Å². The second-order valence-corrected chi connectivity index (χ2v) is 7.95. The first-order valence-electron chi connectivity index (χ1n) is 9.05. The van der Waals surface area contributed by atoms with Crippen LogP contribution in [0.1, 0.15) is 36.5 Å². The number of rotatable bonds is 7. The van der Waals surface area contributed by atoms with Crippen molar-refractivity contribution in [3.63, 3.8) is 0 Å². The van der Waals surface area contributed by atoms with E-state index in [0.29, 0.717) is 24.6 Å². The second-order valence-electron chi connectivity index (χ2n) is 6.55. The van der Waals surface area contributed by atoms with Gasteiger partial charge in [-0.25, -0.2) is 4.98 Å². The number of hydrogen-bond donors (Lipinski definition) is 1. The topological polar surface area (TPSA) is 51.2 Å². The van der Waals surface area contributed by atoms with Crippen LogP contribution >= 0.6 is 22.9 Å². The highest BCUT2D eigenvalue weighted by molar-refractivity contribution is 7.22. The first-order chi connectivity index (χ1) is 13.0. The first kappa shape index (κ1) is 19.6. The number of aryl methyl sites for hydroxylation is 3. The Kier molecular flexibility index (Phi) is 6.34. The normalized spacial score (nSPS) is 11.0. The Bertz CT molecular complexity index is 945. The number of thiazole rings is 1. The summed E-state index contributed by atoms with van der Waals surface area (Å²) < 4.78 is 6.84. The molecule has 0 saturated carbocycles. The zero-order chi connectivity index (χ0) is 19.4. The van der Waals surface area contributed by atoms with Crippen molar-refractivity contribution in [1.29, 1.82) is 0 Å². The van der Waals surface area contributed by atoms with E-state index in [1.807, 2.05) is 32.0 Å². The van der Waals surface area contributed by atoms with Crippen molar-refractivity contribution in [2.24, 2.45) is 0 Å². The van der Waals surface area contributed by atoms with Crippen LogP contribution in [-0.2, 0) is 11.2 Å². The van der Waals surface area contributed by atoms with E-state index in [4.69, 9.17) is 16.3 Å². The Morgan fingerprint density at radius 3 is 2.67 bits per heavy atom. The van der Waals surface area contributed by atoms with E-state index in [-0.39, 0.29) is 5.91 Å². The Balaban J connectivity index is 1.48. The minimum absolute atomic E-state index is 0.0446. The monoisotopic (exact) mass is 402 g/mol. The standard InChI is InChI=1S/C21H23ClN2O2S/c1-4-15-7-8-17-18(12-15)27-21(23-17)24-19(25)6-5-9-26-16-10-13(2)20(22)14(3)11-16/h7-8,10-12H,4-6,9H2,1-3H3,(H,23,24,25). The van der Waals surface area contributed by atoms with Crippen molar-refractivity contribution in [2.45, 2.75) is 40.0 Å². The molecule has 6 heteroatoms. The number of anilines is 1. The number of fused-ring (bicyclic) bond motifs is 1. The molecule has 0 bridgehead atoms. The van der Waals surface area contributed by atoms with E-state index in [2.05, 4.69) is 29.4 Å². The van der Waals surface area contributed by atoms with Crippen molar-refractivity contribution < 1.29 is 9.53 Å². The van der Waals surface area contributed by atoms with Crippen LogP contribution in [0.3, 0.4) is 0 Å². The minimum Gasteiger partial charge on any atom is -0.494 e. The van der Waals surface area contributed by atoms with Crippen molar-refractivity contribution in [2.75, 3.05) is 11.9 Å². The van der Waals surface area contributed by atoms with Crippen molar-refractivity contribution in [1.82, 2.24) is 4.98 Å². The average Bonchev–Trinajstić information content (AvgIpc) is 3.04. The molecule has 0 radical (unpaired) electrons. The summed E-state index contributed by atoms with van der Waals surface area (Å²) in [5.41, 5.74) is 4.18. The number of benzene rings is 2. The Hall–Kier alpha value is -2.11. The highest BCUT2D eigenvalue weighted by atomic mass is 35.5. The molecule has 1 amide bonds. The number of amides is 1. The predicted octanol–water partition coefficient (Wildman–Crippen LogP) is 5.93. The van der Waals surface area contributed by atoms with Gasteiger partial charge < -0.3 is 10.1 Å². The SMILES string of the molecule is CCc1ccc2nc(NC(=O)CCCOc3cc(C)c(Cl)c(C)c3)sc2c1. The minimum atomic E-state index is -0.0446. The number of halogens is 1. The molecule has 4 nitrogen and oxygen atoms in total. The molecule has 2 aromatic carbocycles. The lowest BCUT2D eigenvalue weighted by molar-refractivity contribution is -0.116. The lowest BCUT2D eigenvalue weighted by Crippen LogP contribution is -2.12. The summed E-state index contributed by atoms with van der Waals surface area (Å²) in [5, 5.41) is 4.30. The number of carbonyl (C=O) groups excluding carboxylic acids is 1. The first-order valence-corrected chi connectivity index (χ1v) is 10.2. The zero-order valence-electron chi connectivity index (χ0n) is 15.8. The van der Waals surface area contributed by atoms with E-state index in [1.54, 1.807) is 0 Å². The molecule has 0 aliphatic rings. The van der Waals surface area contributed by atoms with Crippen LogP contribution in [0, 0.1) is 13.8 Å². The molecule has 0 spiro atoms. The van der Waals surface area contributed by atoms with Gasteiger partial charge in [0.15, 0.2) is 5.13 Å². The molecule has 27 heavy (non-hydrogen) atoms. The van der Waals surface area contributed by atoms with Gasteiger partial charge in [-0.3, -0.25) is 4.79 Å². The largest absolute Gasteiger partial charge is 0.494 e. The van der Waals surface area contributed by atoms with Gasteiger partial charge in [0.1, 0.15) is 5.75 Å². The quantitative estimate of drug-likeness (QED) is 0.498. The molecule has 0 fully saturated rings. The molecule has 0 saturated heterocycles. The fourth-order valence-electron chi connectivity index (χ4n) is 2.84. The number of nitrogens with zero attached hydrogens (tertiary/aromatic N) is 1. The fourth-order valence-corrected chi connectivity index (χ4v) is 3.89. The van der Waals surface area contributed by atoms with Gasteiger partial charge in [0.25, 0.3) is 0 Å². The van der Waals surface area contributed by atoms with E-state index < -0.39 is 0 Å². The highest BCUT2D eigenvalue weighted by Gasteiger charge is 2.09. The molecule has 1 N–H and O–H groups in total. The maximum absolute atomic E-state index is 12.2. The Labute approximate surface area is 168 Å². The van der Waals surface area contributed by atoms with Gasteiger partial charge >= 0.3 is 0 Å². The third-order valence-electron chi connectivity index (χ3n) is 4.33. The maximum atomic E-state index is 12.2. The number of nitrogens with one attached hydrogen (secondary N) is 1. The molecular formula is C21H23ClN2O2S. The van der Waals surface area contributed by atoms with Gasteiger partial charge in [-0.1, -0.05) is 35.9 Å². The summed E-state index contributed by atoms with van der Waals surface area (Å²) in [6.07, 6.45) is 2.02. The Morgan fingerprint density at radius 1 is 1.22 bits per heavy atom. The third-order valence-corrected chi connectivity index (χ3v) is 5.86. The van der Waals surface area contributed by atoms with Crippen LogP contribution < -0.4 is 10.1 Å². The molecule has 0 aliphatic carbocycles. The number of ether oxygens (including phenoxy) is 1. The lowest BCUT2D eigenvalue weighted by Gasteiger charge is -2.09. The third kappa shape index (κ3) is 4.99. The van der Waals surface area contributed by atoms with Crippen molar-refractivity contribution >= 4 is 44.2 Å². The Morgan fingerprint density at radius 2 is 1.96 bits per heavy atom. The van der Waals surface area contributed by atoms with Gasteiger partial charge in [0, 0.05) is 11.4 Å². The highest BCUT2D eigenvalue weighted by Crippen LogP contribution is 2.28. The molecule has 0 atom stereocenters. The van der Waals surface area contributed by atoms with Crippen molar-refractivity contribution in [3.05, 3.63) is 52.0 Å². The van der Waals surface area contributed by atoms with Crippen molar-refractivity contribution in [3.8, 4) is 5.75 Å². The van der Waals surface area contributed by atoms with Crippen LogP contribution in [0.4, 0.5) is 5.13 Å². The van der Waals surface area contributed by atoms with Crippen LogP contribution in [-0.4, -0.2) is 17.5 Å². The van der Waals surface area contributed by atoms with Crippen LogP contribution in [0.15, 0.2) is 30.3 Å². The number of aromatic nitrogens is 1. The predicted molar refractivity (Wildman–Crippen MR) is 113 cm³/mol. The smallest absolute Gasteiger partial charge is 0.226 e. The molecule has 0 aliphatic heterocycles. The lowest BCUT2D eigenvalue weighted by atomic mass is 10.1. The number of hydrogen-bond acceptors (Lipinski definition) is 4. The summed E-state index contributed by atoms with van der Waals surface area (Å²) in [5.74, 6) is 0.740. The van der Waals surface area contributed by atoms with Crippen LogP contribution in [0.2, 0.25) is 5.02 Å². The summed E-state index contributed by atoms with van der Waals surface area (Å²) in [6.45, 7) is 6.52. The molecule has 0 unspecified atom stereocenters. The summed E-state index contributed by atoms with van der Waals surface area (Å²) in [6, 6.07) is 10.0. The fraction of sp³-hybridized carbons (Fsp3) is 0.333. The molecule has 3 aromatic rings. The zero-order valence-corrected chi connectivity index (χ0v) is 17.3. The van der Waals surface area contributed by atoms with E-state index in [9.17, 15) is 4.79 Å². The van der Waals surface area contributed by atoms with Gasteiger partial charge in [0.05, 0.1) is 16.8 Å². The molecular weight excluding hydrogens is 380 g/mol. The van der Waals surface area contributed by atoms with E-state index in [0.717, 1.165) is 38.5 Å². The van der Waals surface area contributed by atoms with Gasteiger partial charge in [-0.05, 0) is 67.6 Å². The van der Waals surface area contributed by atoms with Gasteiger partial charge in [-0.2, -0.15) is 0 Å². The van der Waals surface area contributed by atoms with Crippen LogP contribution in [0.25, 0.3) is 10.2 Å². The molecule has 142 valence electrons. The number of carbonyl (C=O) groups is 1. The molecule has 1 heterocycles. The van der Waals surface area contributed by atoms with Crippen LogP contribution in [0.5, 0.6) is 5.75 Å². The average molecular weight is 403 g/mol. The van der Waals surface area contributed by atoms with E-state index in [1.165, 1.54) is 16.9 Å². The second kappa shape index (κ2) is 8.72. The maximum Gasteiger partial charge on any atom is 0.226 e. The molecule has 1 aromatic heterocycles. The van der Waals surface area contributed by atoms with E-state index >= 15 is 0 Å². The molecule has 3 rings (SSSR count). The summed E-state index contributed by atoms with van der Waals surface area (Å²) in [4.78, 5) is 16.6. The summed E-state index contributed by atoms with van der Waals surface area (Å²) in [7, 11) is 0. The van der Waals surface area contributed by atoms with Gasteiger partial charge in [-0.15, -0.1) is 0 Å².